The Morgan fingerprint density at radius 1 is 1.47 bits per heavy atom. The Morgan fingerprint density at radius 3 is 2.76 bits per heavy atom. The molecule has 0 fully saturated rings. The van der Waals surface area contributed by atoms with Crippen molar-refractivity contribution in [1.29, 1.82) is 0 Å². The third kappa shape index (κ3) is 4.44. The van der Waals surface area contributed by atoms with Gasteiger partial charge in [-0.15, -0.1) is 0 Å². The molecule has 1 aromatic carbocycles. The minimum Gasteiger partial charge on any atom is -0.396 e. The van der Waals surface area contributed by atoms with Gasteiger partial charge in [-0.2, -0.15) is 11.8 Å². The lowest BCUT2D eigenvalue weighted by Crippen LogP contribution is -2.09. The van der Waals surface area contributed by atoms with Crippen LogP contribution in [0.3, 0.4) is 0 Å². The average Bonchev–Trinajstić information content (AvgIpc) is 2.26. The van der Waals surface area contributed by atoms with Crippen LogP contribution in [0.25, 0.3) is 0 Å². The fraction of sp³-hybridized carbons (Fsp3) is 0.417. The number of hydrogen-bond donors (Lipinski definition) is 1. The summed E-state index contributed by atoms with van der Waals surface area (Å²) in [5.41, 5.74) is -0.0879. The van der Waals surface area contributed by atoms with E-state index in [9.17, 15) is 13.6 Å². The molecule has 1 N–H and O–H groups in total. The van der Waals surface area contributed by atoms with E-state index in [2.05, 4.69) is 0 Å². The number of rotatable bonds is 6. The molecule has 1 rings (SSSR count). The highest BCUT2D eigenvalue weighted by Crippen LogP contribution is 2.17. The van der Waals surface area contributed by atoms with Crippen LogP contribution in [0.15, 0.2) is 18.2 Å². The van der Waals surface area contributed by atoms with Crippen LogP contribution in [0.5, 0.6) is 0 Å². The van der Waals surface area contributed by atoms with Crippen LogP contribution in [0.2, 0.25) is 0 Å². The average molecular weight is 260 g/mol. The molecule has 0 aromatic heterocycles. The van der Waals surface area contributed by atoms with Gasteiger partial charge in [-0.1, -0.05) is 6.92 Å². The molecular formula is C12H14F2O2S. The fourth-order valence-corrected chi connectivity index (χ4v) is 2.14. The molecule has 0 radical (unpaired) electrons. The van der Waals surface area contributed by atoms with Crippen LogP contribution in [-0.4, -0.2) is 28.5 Å². The maximum absolute atomic E-state index is 13.3. The van der Waals surface area contributed by atoms with E-state index in [1.807, 2.05) is 6.92 Å². The Morgan fingerprint density at radius 2 is 2.18 bits per heavy atom. The minimum absolute atomic E-state index is 0.0628. The molecule has 17 heavy (non-hydrogen) atoms. The van der Waals surface area contributed by atoms with Crippen LogP contribution < -0.4 is 0 Å². The largest absolute Gasteiger partial charge is 0.396 e. The van der Waals surface area contributed by atoms with E-state index in [1.54, 1.807) is 0 Å². The first-order valence-electron chi connectivity index (χ1n) is 5.25. The summed E-state index contributed by atoms with van der Waals surface area (Å²) in [7, 11) is 0. The summed E-state index contributed by atoms with van der Waals surface area (Å²) in [6.07, 6.45) is 0.587. The number of carbonyl (C=O) groups is 1. The smallest absolute Gasteiger partial charge is 0.175 e. The molecule has 0 aliphatic carbocycles. The van der Waals surface area contributed by atoms with E-state index < -0.39 is 11.6 Å². The molecule has 0 aliphatic rings. The number of hydrogen-bond acceptors (Lipinski definition) is 3. The third-order valence-electron chi connectivity index (χ3n) is 2.27. The highest BCUT2D eigenvalue weighted by atomic mass is 32.2. The predicted molar refractivity (Wildman–Crippen MR) is 64.3 cm³/mol. The summed E-state index contributed by atoms with van der Waals surface area (Å²) in [6, 6.07) is 2.93. The number of benzene rings is 1. The zero-order valence-electron chi connectivity index (χ0n) is 9.45. The lowest BCUT2D eigenvalue weighted by atomic mass is 10.1. The van der Waals surface area contributed by atoms with E-state index in [1.165, 1.54) is 11.8 Å². The molecule has 5 heteroatoms. The zero-order valence-corrected chi connectivity index (χ0v) is 10.3. The standard InChI is InChI=1S/C12H14F2O2S/c1-8(4-5-15)17-7-12(16)10-3-2-9(13)6-11(10)14/h2-3,6,8,15H,4-5,7H2,1H3. The third-order valence-corrected chi connectivity index (χ3v) is 3.50. The van der Waals surface area contributed by atoms with Crippen molar-refractivity contribution in [3.8, 4) is 0 Å². The Balaban J connectivity index is 2.58. The van der Waals surface area contributed by atoms with Gasteiger partial charge in [-0.3, -0.25) is 4.79 Å². The molecule has 2 nitrogen and oxygen atoms in total. The van der Waals surface area contributed by atoms with Crippen molar-refractivity contribution in [3.05, 3.63) is 35.4 Å². The maximum Gasteiger partial charge on any atom is 0.175 e. The van der Waals surface area contributed by atoms with Crippen molar-refractivity contribution in [1.82, 2.24) is 0 Å². The van der Waals surface area contributed by atoms with Crippen LogP contribution in [0.4, 0.5) is 8.78 Å². The van der Waals surface area contributed by atoms with Gasteiger partial charge in [-0.25, -0.2) is 8.78 Å². The number of aliphatic hydroxyl groups excluding tert-OH is 1. The minimum atomic E-state index is -0.828. The van der Waals surface area contributed by atoms with Crippen LogP contribution in [-0.2, 0) is 0 Å². The van der Waals surface area contributed by atoms with Crippen molar-refractivity contribution in [2.24, 2.45) is 0 Å². The SMILES string of the molecule is CC(CCO)SCC(=O)c1ccc(F)cc1F. The lowest BCUT2D eigenvalue weighted by molar-refractivity contribution is 0.101. The number of aliphatic hydroxyl groups is 1. The molecule has 0 saturated carbocycles. The summed E-state index contributed by atoms with van der Waals surface area (Å²) in [5.74, 6) is -1.76. The molecule has 0 saturated heterocycles. The van der Waals surface area contributed by atoms with Gasteiger partial charge in [0.25, 0.3) is 0 Å². The highest BCUT2D eigenvalue weighted by Gasteiger charge is 2.13. The summed E-state index contributed by atoms with van der Waals surface area (Å²) in [6.45, 7) is 1.95. The normalized spacial score (nSPS) is 12.5. The maximum atomic E-state index is 13.3. The van der Waals surface area contributed by atoms with Gasteiger partial charge in [0, 0.05) is 17.9 Å². The predicted octanol–water partition coefficient (Wildman–Crippen LogP) is 2.65. The van der Waals surface area contributed by atoms with Gasteiger partial charge in [0.1, 0.15) is 11.6 Å². The number of ketones is 1. The summed E-state index contributed by atoms with van der Waals surface area (Å²) in [5, 5.41) is 8.83. The molecule has 0 aliphatic heterocycles. The van der Waals surface area contributed by atoms with Crippen LogP contribution in [0.1, 0.15) is 23.7 Å². The summed E-state index contributed by atoms with van der Waals surface area (Å²) >= 11 is 1.35. The van der Waals surface area contributed by atoms with Gasteiger partial charge in [-0.05, 0) is 18.6 Å². The van der Waals surface area contributed by atoms with Crippen LogP contribution in [0, 0.1) is 11.6 Å². The van der Waals surface area contributed by atoms with Crippen molar-refractivity contribution in [3.63, 3.8) is 0 Å². The van der Waals surface area contributed by atoms with Crippen LogP contribution >= 0.6 is 11.8 Å². The second-order valence-electron chi connectivity index (χ2n) is 3.68. The molecule has 0 bridgehead atoms. The zero-order chi connectivity index (χ0) is 12.8. The highest BCUT2D eigenvalue weighted by molar-refractivity contribution is 8.00. The molecule has 94 valence electrons. The van der Waals surface area contributed by atoms with E-state index in [0.29, 0.717) is 12.5 Å². The number of halogens is 2. The van der Waals surface area contributed by atoms with E-state index in [4.69, 9.17) is 5.11 Å². The fourth-order valence-electron chi connectivity index (χ4n) is 1.28. The molecule has 1 unspecified atom stereocenters. The summed E-state index contributed by atoms with van der Waals surface area (Å²) < 4.78 is 25.9. The van der Waals surface area contributed by atoms with Crippen molar-refractivity contribution >= 4 is 17.5 Å². The van der Waals surface area contributed by atoms with E-state index >= 15 is 0 Å². The van der Waals surface area contributed by atoms with Gasteiger partial charge < -0.3 is 5.11 Å². The Bertz CT molecular complexity index is 396. The van der Waals surface area contributed by atoms with E-state index in [-0.39, 0.29) is 29.0 Å². The molecule has 0 amide bonds. The quantitative estimate of drug-likeness (QED) is 0.799. The first-order chi connectivity index (χ1) is 8.04. The molecular weight excluding hydrogens is 246 g/mol. The molecule has 0 spiro atoms. The summed E-state index contributed by atoms with van der Waals surface area (Å²) in [4.78, 5) is 11.6. The Labute approximate surface area is 103 Å². The second-order valence-corrected chi connectivity index (χ2v) is 5.11. The van der Waals surface area contributed by atoms with Gasteiger partial charge >= 0.3 is 0 Å². The first kappa shape index (κ1) is 14.1. The van der Waals surface area contributed by atoms with Gasteiger partial charge in [0.2, 0.25) is 0 Å². The Kier molecular flexibility index (Phi) is 5.58. The molecule has 1 atom stereocenters. The van der Waals surface area contributed by atoms with Crippen molar-refractivity contribution in [2.45, 2.75) is 18.6 Å². The number of thioether (sulfide) groups is 1. The van der Waals surface area contributed by atoms with Gasteiger partial charge in [0.05, 0.1) is 11.3 Å². The monoisotopic (exact) mass is 260 g/mol. The molecule has 1 aromatic rings. The lowest BCUT2D eigenvalue weighted by Gasteiger charge is -2.08. The van der Waals surface area contributed by atoms with Crippen molar-refractivity contribution < 1.29 is 18.7 Å². The Hall–Kier alpha value is -0.940. The van der Waals surface area contributed by atoms with Gasteiger partial charge in [0.15, 0.2) is 5.78 Å². The van der Waals surface area contributed by atoms with Crippen molar-refractivity contribution in [2.75, 3.05) is 12.4 Å². The van der Waals surface area contributed by atoms with E-state index in [0.717, 1.165) is 12.1 Å². The first-order valence-corrected chi connectivity index (χ1v) is 6.30. The number of Topliss-reactive ketones (excluding diaryl/α,β-unsaturated/α-hetero) is 1. The molecule has 0 heterocycles. The number of carbonyl (C=O) groups excluding carboxylic acids is 1. The topological polar surface area (TPSA) is 37.3 Å². The second kappa shape index (κ2) is 6.71.